The van der Waals surface area contributed by atoms with Gasteiger partial charge in [-0.05, 0) is 45.3 Å². The van der Waals surface area contributed by atoms with Crippen LogP contribution in [0, 0.1) is 0 Å². The fourth-order valence-corrected chi connectivity index (χ4v) is 2.46. The number of imidazole rings is 1. The molecule has 1 amide bonds. The molecule has 1 aliphatic heterocycles. The quantitative estimate of drug-likeness (QED) is 0.873. The van der Waals surface area contributed by atoms with E-state index in [4.69, 9.17) is 9.31 Å². The molecule has 0 atom stereocenters. The molecule has 0 unspecified atom stereocenters. The molecule has 1 saturated heterocycles. The summed E-state index contributed by atoms with van der Waals surface area (Å²) in [6.07, 6.45) is 3.41. The van der Waals surface area contributed by atoms with Crippen molar-refractivity contribution in [3.8, 4) is 0 Å². The second-order valence-electron chi connectivity index (χ2n) is 6.72. The summed E-state index contributed by atoms with van der Waals surface area (Å²) in [7, 11) is -0.476. The lowest BCUT2D eigenvalue weighted by atomic mass is 9.79. The Balaban J connectivity index is 1.85. The third kappa shape index (κ3) is 2.78. The summed E-state index contributed by atoms with van der Waals surface area (Å²) < 4.78 is 13.4. The maximum Gasteiger partial charge on any atom is 0.494 e. The van der Waals surface area contributed by atoms with Crippen molar-refractivity contribution in [1.29, 1.82) is 0 Å². The molecule has 7 nitrogen and oxygen atoms in total. The van der Waals surface area contributed by atoms with Gasteiger partial charge >= 0.3 is 13.2 Å². The van der Waals surface area contributed by atoms with Gasteiger partial charge in [0.05, 0.1) is 16.9 Å². The summed E-state index contributed by atoms with van der Waals surface area (Å²) in [6, 6.07) is 7.05. The molecule has 2 heterocycles. The SMILES string of the molecule is CC1(C)OB(c2ccc(N(C(=O)O)n3ccnc3)cc2)OC1(C)C. The van der Waals surface area contributed by atoms with Crippen molar-refractivity contribution in [2.45, 2.75) is 38.9 Å². The van der Waals surface area contributed by atoms with Crippen LogP contribution in [0.3, 0.4) is 0 Å². The molecule has 0 spiro atoms. The maximum atomic E-state index is 11.5. The molecule has 1 aliphatic rings. The zero-order chi connectivity index (χ0) is 17.5. The average Bonchev–Trinajstić information content (AvgIpc) is 3.07. The number of aromatic nitrogens is 2. The van der Waals surface area contributed by atoms with E-state index in [0.29, 0.717) is 5.69 Å². The van der Waals surface area contributed by atoms with Gasteiger partial charge < -0.3 is 14.4 Å². The Morgan fingerprint density at radius 2 is 1.75 bits per heavy atom. The fourth-order valence-electron chi connectivity index (χ4n) is 2.46. The van der Waals surface area contributed by atoms with Crippen molar-refractivity contribution in [2.75, 3.05) is 5.01 Å². The minimum absolute atomic E-state index is 0.416. The van der Waals surface area contributed by atoms with Gasteiger partial charge in [-0.15, -0.1) is 0 Å². The number of hydrogen-bond donors (Lipinski definition) is 1. The molecule has 0 bridgehead atoms. The van der Waals surface area contributed by atoms with Gasteiger partial charge in [-0.1, -0.05) is 12.1 Å². The van der Waals surface area contributed by atoms with E-state index in [1.165, 1.54) is 17.2 Å². The lowest BCUT2D eigenvalue weighted by molar-refractivity contribution is 0.00578. The number of hydrogen-bond acceptors (Lipinski definition) is 4. The molecular weight excluding hydrogens is 309 g/mol. The van der Waals surface area contributed by atoms with Crippen LogP contribution in [0.15, 0.2) is 43.0 Å². The first kappa shape index (κ1) is 16.5. The van der Waals surface area contributed by atoms with Crippen LogP contribution in [0.2, 0.25) is 0 Å². The Morgan fingerprint density at radius 1 is 1.17 bits per heavy atom. The Hall–Kier alpha value is -2.32. The standard InChI is InChI=1S/C16H20BN3O4/c1-15(2)16(3,4)24-17(23-15)12-5-7-13(8-6-12)20(14(21)22)19-10-9-18-11-19/h5-11H,1-4H3,(H,21,22). The van der Waals surface area contributed by atoms with Gasteiger partial charge in [-0.3, -0.25) is 0 Å². The summed E-state index contributed by atoms with van der Waals surface area (Å²) in [5.41, 5.74) is 0.509. The highest BCUT2D eigenvalue weighted by Gasteiger charge is 2.51. The van der Waals surface area contributed by atoms with Crippen LogP contribution in [0.4, 0.5) is 10.5 Å². The maximum absolute atomic E-state index is 11.5. The first-order valence-corrected chi connectivity index (χ1v) is 7.68. The van der Waals surface area contributed by atoms with Gasteiger partial charge in [-0.25, -0.2) is 14.5 Å². The van der Waals surface area contributed by atoms with Gasteiger partial charge in [0.15, 0.2) is 0 Å². The summed E-state index contributed by atoms with van der Waals surface area (Å²) in [5, 5.41) is 10.5. The predicted molar refractivity (Wildman–Crippen MR) is 90.3 cm³/mol. The second kappa shape index (κ2) is 5.64. The molecule has 1 N–H and O–H groups in total. The molecule has 8 heteroatoms. The van der Waals surface area contributed by atoms with Crippen LogP contribution in [0.5, 0.6) is 0 Å². The molecule has 0 radical (unpaired) electrons. The van der Waals surface area contributed by atoms with Crippen LogP contribution in [0.25, 0.3) is 0 Å². The van der Waals surface area contributed by atoms with E-state index >= 15 is 0 Å². The number of rotatable bonds is 3. The number of nitrogens with zero attached hydrogens (tertiary/aromatic N) is 3. The number of amides is 1. The first-order chi connectivity index (χ1) is 11.2. The van der Waals surface area contributed by atoms with Crippen LogP contribution in [-0.4, -0.2) is 39.2 Å². The zero-order valence-corrected chi connectivity index (χ0v) is 14.1. The molecule has 126 valence electrons. The largest absolute Gasteiger partial charge is 0.494 e. The molecule has 1 aromatic carbocycles. The number of anilines is 1. The van der Waals surface area contributed by atoms with Gasteiger partial charge in [0.25, 0.3) is 0 Å². The van der Waals surface area contributed by atoms with Crippen molar-refractivity contribution < 1.29 is 19.2 Å². The summed E-state index contributed by atoms with van der Waals surface area (Å²) >= 11 is 0. The van der Waals surface area contributed by atoms with Gasteiger partial charge in [0.2, 0.25) is 0 Å². The Morgan fingerprint density at radius 3 is 2.21 bits per heavy atom. The number of carbonyl (C=O) groups is 1. The van der Waals surface area contributed by atoms with Gasteiger partial charge in [-0.2, -0.15) is 5.01 Å². The van der Waals surface area contributed by atoms with E-state index in [9.17, 15) is 9.90 Å². The molecule has 1 aromatic heterocycles. The van der Waals surface area contributed by atoms with Gasteiger partial charge in [0.1, 0.15) is 6.33 Å². The van der Waals surface area contributed by atoms with Crippen LogP contribution >= 0.6 is 0 Å². The van der Waals surface area contributed by atoms with E-state index in [1.54, 1.807) is 18.3 Å². The molecule has 2 aromatic rings. The summed E-state index contributed by atoms with van der Waals surface area (Å²) in [5.74, 6) is 0. The van der Waals surface area contributed by atoms with E-state index in [2.05, 4.69) is 4.98 Å². The third-order valence-electron chi connectivity index (χ3n) is 4.57. The van der Waals surface area contributed by atoms with E-state index < -0.39 is 24.4 Å². The Labute approximate surface area is 140 Å². The highest BCUT2D eigenvalue weighted by atomic mass is 16.7. The zero-order valence-electron chi connectivity index (χ0n) is 14.1. The topological polar surface area (TPSA) is 76.8 Å². The Bertz CT molecular complexity index is 712. The van der Waals surface area contributed by atoms with Crippen molar-refractivity contribution in [3.63, 3.8) is 0 Å². The Kier molecular flexibility index (Phi) is 3.89. The normalized spacial score (nSPS) is 18.6. The molecule has 0 aliphatic carbocycles. The van der Waals surface area contributed by atoms with Crippen molar-refractivity contribution in [3.05, 3.63) is 43.0 Å². The summed E-state index contributed by atoms with van der Waals surface area (Å²) in [4.78, 5) is 15.4. The van der Waals surface area contributed by atoms with Crippen LogP contribution < -0.4 is 10.5 Å². The molecular formula is C16H20BN3O4. The minimum Gasteiger partial charge on any atom is -0.463 e. The molecule has 3 rings (SSSR count). The van der Waals surface area contributed by atoms with Gasteiger partial charge in [0, 0.05) is 12.4 Å². The van der Waals surface area contributed by atoms with E-state index in [0.717, 1.165) is 10.5 Å². The lowest BCUT2D eigenvalue weighted by Gasteiger charge is -2.32. The minimum atomic E-state index is -1.10. The lowest BCUT2D eigenvalue weighted by Crippen LogP contribution is -2.41. The number of benzene rings is 1. The van der Waals surface area contributed by atoms with Crippen molar-refractivity contribution in [1.82, 2.24) is 9.66 Å². The van der Waals surface area contributed by atoms with Crippen molar-refractivity contribution in [2.24, 2.45) is 0 Å². The summed E-state index contributed by atoms with van der Waals surface area (Å²) in [6.45, 7) is 7.97. The van der Waals surface area contributed by atoms with Crippen LogP contribution in [0.1, 0.15) is 27.7 Å². The van der Waals surface area contributed by atoms with E-state index in [-0.39, 0.29) is 0 Å². The third-order valence-corrected chi connectivity index (χ3v) is 4.57. The van der Waals surface area contributed by atoms with E-state index in [1.807, 2.05) is 39.8 Å². The fraction of sp³-hybridized carbons (Fsp3) is 0.375. The number of carboxylic acid groups (broad SMARTS) is 1. The molecule has 1 fully saturated rings. The first-order valence-electron chi connectivity index (χ1n) is 7.68. The highest BCUT2D eigenvalue weighted by molar-refractivity contribution is 6.62. The highest BCUT2D eigenvalue weighted by Crippen LogP contribution is 2.36. The average molecular weight is 329 g/mol. The smallest absolute Gasteiger partial charge is 0.463 e. The second-order valence-corrected chi connectivity index (χ2v) is 6.72. The molecule has 24 heavy (non-hydrogen) atoms. The molecule has 0 saturated carbocycles. The predicted octanol–water partition coefficient (Wildman–Crippen LogP) is 2.13. The monoisotopic (exact) mass is 329 g/mol. The van der Waals surface area contributed by atoms with Crippen molar-refractivity contribution >= 4 is 24.4 Å². The van der Waals surface area contributed by atoms with Crippen LogP contribution in [-0.2, 0) is 9.31 Å².